The molecule has 1 aliphatic heterocycles. The molecule has 2 heterocycles. The molecule has 2 rings (SSSR count). The Kier molecular flexibility index (Phi) is 4.40. The van der Waals surface area contributed by atoms with Gasteiger partial charge in [-0.15, -0.1) is 0 Å². The van der Waals surface area contributed by atoms with Gasteiger partial charge >= 0.3 is 0 Å². The summed E-state index contributed by atoms with van der Waals surface area (Å²) in [6.45, 7) is 9.14. The van der Waals surface area contributed by atoms with Crippen molar-refractivity contribution in [3.05, 3.63) is 18.2 Å². The van der Waals surface area contributed by atoms with Gasteiger partial charge in [-0.2, -0.15) is 0 Å². The maximum absolute atomic E-state index is 4.42. The maximum Gasteiger partial charge on any atom is 0.109 e. The molecule has 0 aromatic carbocycles. The van der Waals surface area contributed by atoms with Crippen LogP contribution in [0.15, 0.2) is 12.4 Å². The molecule has 1 aliphatic rings. The zero-order valence-corrected chi connectivity index (χ0v) is 11.9. The number of piperazine rings is 1. The van der Waals surface area contributed by atoms with Gasteiger partial charge in [-0.25, -0.2) is 4.98 Å². The minimum absolute atomic E-state index is 0.351. The van der Waals surface area contributed by atoms with Crippen molar-refractivity contribution in [3.8, 4) is 0 Å². The van der Waals surface area contributed by atoms with Crippen LogP contribution in [0.1, 0.15) is 32.5 Å². The lowest BCUT2D eigenvalue weighted by atomic mass is 9.88. The van der Waals surface area contributed by atoms with Gasteiger partial charge in [-0.3, -0.25) is 4.90 Å². The molecule has 1 fully saturated rings. The van der Waals surface area contributed by atoms with E-state index in [0.717, 1.165) is 32.6 Å². The van der Waals surface area contributed by atoms with Crippen LogP contribution >= 0.6 is 0 Å². The number of aromatic nitrogens is 2. The number of hydrogen-bond donors (Lipinski definition) is 1. The second kappa shape index (κ2) is 5.85. The Morgan fingerprint density at radius 1 is 1.39 bits per heavy atom. The molecule has 0 unspecified atom stereocenters. The van der Waals surface area contributed by atoms with E-state index in [4.69, 9.17) is 0 Å². The first-order valence-electron chi connectivity index (χ1n) is 7.14. The molecule has 1 aromatic heterocycles. The standard InChI is InChI=1S/C14H26N4/c1-4-14(5-2)12-15-7-11-18(14)9-6-13-16-8-10-17(13)3/h8,10,15H,4-7,9,11-12H2,1-3H3. The molecule has 0 aliphatic carbocycles. The summed E-state index contributed by atoms with van der Waals surface area (Å²) in [5.41, 5.74) is 0.351. The summed E-state index contributed by atoms with van der Waals surface area (Å²) in [6, 6.07) is 0. The van der Waals surface area contributed by atoms with Gasteiger partial charge in [-0.05, 0) is 12.8 Å². The highest BCUT2D eigenvalue weighted by Gasteiger charge is 2.35. The van der Waals surface area contributed by atoms with Gasteiger partial charge in [-0.1, -0.05) is 13.8 Å². The van der Waals surface area contributed by atoms with E-state index in [-0.39, 0.29) is 0 Å². The fourth-order valence-corrected chi connectivity index (χ4v) is 3.05. The van der Waals surface area contributed by atoms with E-state index in [1.165, 1.54) is 18.7 Å². The zero-order valence-electron chi connectivity index (χ0n) is 11.9. The van der Waals surface area contributed by atoms with Gasteiger partial charge in [0.25, 0.3) is 0 Å². The molecule has 1 saturated heterocycles. The molecule has 4 heteroatoms. The topological polar surface area (TPSA) is 33.1 Å². The Hall–Kier alpha value is -0.870. The molecular weight excluding hydrogens is 224 g/mol. The summed E-state index contributed by atoms with van der Waals surface area (Å²) in [6.07, 6.45) is 7.40. The predicted octanol–water partition coefficient (Wildman–Crippen LogP) is 1.43. The SMILES string of the molecule is CCC1(CC)CNCCN1CCc1nccn1C. The molecule has 0 bridgehead atoms. The number of nitrogens with one attached hydrogen (secondary N) is 1. The predicted molar refractivity (Wildman–Crippen MR) is 74.7 cm³/mol. The highest BCUT2D eigenvalue weighted by Crippen LogP contribution is 2.25. The molecule has 102 valence electrons. The van der Waals surface area contributed by atoms with Crippen molar-refractivity contribution in [1.29, 1.82) is 0 Å². The molecule has 18 heavy (non-hydrogen) atoms. The molecule has 0 spiro atoms. The van der Waals surface area contributed by atoms with E-state index >= 15 is 0 Å². The second-order valence-corrected chi connectivity index (χ2v) is 5.30. The number of hydrogen-bond acceptors (Lipinski definition) is 3. The highest BCUT2D eigenvalue weighted by molar-refractivity contribution is 4.97. The van der Waals surface area contributed by atoms with Crippen LogP contribution in [0.2, 0.25) is 0 Å². The van der Waals surface area contributed by atoms with Crippen molar-refractivity contribution >= 4 is 0 Å². The van der Waals surface area contributed by atoms with Crippen molar-refractivity contribution in [2.75, 3.05) is 26.2 Å². The Labute approximate surface area is 110 Å². The number of aryl methyl sites for hydroxylation is 1. The van der Waals surface area contributed by atoms with Crippen LogP contribution < -0.4 is 5.32 Å². The van der Waals surface area contributed by atoms with Crippen molar-refractivity contribution in [2.45, 2.75) is 38.6 Å². The molecule has 0 amide bonds. The molecule has 4 nitrogen and oxygen atoms in total. The first-order chi connectivity index (χ1) is 8.72. The smallest absolute Gasteiger partial charge is 0.109 e. The van der Waals surface area contributed by atoms with E-state index < -0.39 is 0 Å². The van der Waals surface area contributed by atoms with Crippen LogP contribution in [-0.2, 0) is 13.5 Å². The summed E-state index contributed by atoms with van der Waals surface area (Å²) in [4.78, 5) is 7.09. The minimum Gasteiger partial charge on any atom is -0.338 e. The van der Waals surface area contributed by atoms with E-state index in [1.54, 1.807) is 0 Å². The van der Waals surface area contributed by atoms with Crippen LogP contribution in [0.4, 0.5) is 0 Å². The summed E-state index contributed by atoms with van der Waals surface area (Å²) in [5.74, 6) is 1.19. The third-order valence-electron chi connectivity index (χ3n) is 4.53. The molecule has 0 radical (unpaired) electrons. The fourth-order valence-electron chi connectivity index (χ4n) is 3.05. The van der Waals surface area contributed by atoms with Gasteiger partial charge in [0.1, 0.15) is 5.82 Å². The highest BCUT2D eigenvalue weighted by atomic mass is 15.3. The molecule has 1 aromatic rings. The van der Waals surface area contributed by atoms with Crippen LogP contribution in [0.3, 0.4) is 0 Å². The maximum atomic E-state index is 4.42. The number of rotatable bonds is 5. The van der Waals surface area contributed by atoms with Crippen molar-refractivity contribution < 1.29 is 0 Å². The Balaban J connectivity index is 2.00. The molecule has 0 saturated carbocycles. The first-order valence-corrected chi connectivity index (χ1v) is 7.14. The van der Waals surface area contributed by atoms with Gasteiger partial charge in [0.05, 0.1) is 0 Å². The lowest BCUT2D eigenvalue weighted by Gasteiger charge is -2.47. The van der Waals surface area contributed by atoms with Crippen molar-refractivity contribution in [2.24, 2.45) is 7.05 Å². The van der Waals surface area contributed by atoms with E-state index in [2.05, 4.69) is 40.7 Å². The Bertz CT molecular complexity index is 368. The fraction of sp³-hybridized carbons (Fsp3) is 0.786. The normalized spacial score (nSPS) is 20.2. The van der Waals surface area contributed by atoms with Gasteiger partial charge in [0, 0.05) is 57.6 Å². The summed E-state index contributed by atoms with van der Waals surface area (Å²) < 4.78 is 2.13. The van der Waals surface area contributed by atoms with Crippen LogP contribution in [-0.4, -0.2) is 46.2 Å². The second-order valence-electron chi connectivity index (χ2n) is 5.30. The summed E-state index contributed by atoms with van der Waals surface area (Å²) >= 11 is 0. The van der Waals surface area contributed by atoms with Crippen LogP contribution in [0, 0.1) is 0 Å². The van der Waals surface area contributed by atoms with Crippen LogP contribution in [0.5, 0.6) is 0 Å². The number of nitrogens with zero attached hydrogens (tertiary/aromatic N) is 3. The first kappa shape index (κ1) is 13.6. The minimum atomic E-state index is 0.351. The van der Waals surface area contributed by atoms with Crippen molar-refractivity contribution in [1.82, 2.24) is 19.8 Å². The third-order valence-corrected chi connectivity index (χ3v) is 4.53. The molecule has 0 atom stereocenters. The summed E-state index contributed by atoms with van der Waals surface area (Å²) in [7, 11) is 2.08. The lowest BCUT2D eigenvalue weighted by molar-refractivity contribution is 0.0527. The summed E-state index contributed by atoms with van der Waals surface area (Å²) in [5, 5.41) is 3.55. The largest absolute Gasteiger partial charge is 0.338 e. The molecular formula is C14H26N4. The third kappa shape index (κ3) is 2.59. The Morgan fingerprint density at radius 3 is 2.78 bits per heavy atom. The van der Waals surface area contributed by atoms with Gasteiger partial charge in [0.2, 0.25) is 0 Å². The van der Waals surface area contributed by atoms with Crippen LogP contribution in [0.25, 0.3) is 0 Å². The average molecular weight is 250 g/mol. The van der Waals surface area contributed by atoms with Crippen molar-refractivity contribution in [3.63, 3.8) is 0 Å². The number of imidazole rings is 1. The monoisotopic (exact) mass is 250 g/mol. The van der Waals surface area contributed by atoms with E-state index in [1.807, 2.05) is 12.4 Å². The van der Waals surface area contributed by atoms with E-state index in [0.29, 0.717) is 5.54 Å². The molecule has 1 N–H and O–H groups in total. The quantitative estimate of drug-likeness (QED) is 0.858. The Morgan fingerprint density at radius 2 is 2.17 bits per heavy atom. The van der Waals surface area contributed by atoms with Gasteiger partial charge < -0.3 is 9.88 Å². The van der Waals surface area contributed by atoms with E-state index in [9.17, 15) is 0 Å². The van der Waals surface area contributed by atoms with Gasteiger partial charge in [0.15, 0.2) is 0 Å². The lowest BCUT2D eigenvalue weighted by Crippen LogP contribution is -2.61. The average Bonchev–Trinajstić information content (AvgIpc) is 2.82. The zero-order chi connectivity index (χ0) is 13.0.